The lowest BCUT2D eigenvalue weighted by Crippen LogP contribution is -2.18. The van der Waals surface area contributed by atoms with E-state index in [1.54, 1.807) is 35.5 Å². The highest BCUT2D eigenvalue weighted by Gasteiger charge is 2.17. The van der Waals surface area contributed by atoms with Gasteiger partial charge < -0.3 is 5.32 Å². The molecule has 0 saturated heterocycles. The van der Waals surface area contributed by atoms with E-state index >= 15 is 0 Å². The minimum atomic E-state index is -0.354. The predicted molar refractivity (Wildman–Crippen MR) is 68.1 cm³/mol. The Morgan fingerprint density at radius 3 is 2.89 bits per heavy atom. The third-order valence-electron chi connectivity index (χ3n) is 3.01. The minimum Gasteiger partial charge on any atom is -0.309 e. The van der Waals surface area contributed by atoms with E-state index in [-0.39, 0.29) is 11.9 Å². The molecule has 0 radical (unpaired) electrons. The molecule has 19 heavy (non-hydrogen) atoms. The highest BCUT2D eigenvalue weighted by Crippen LogP contribution is 2.24. The summed E-state index contributed by atoms with van der Waals surface area (Å²) in [5.41, 5.74) is 2.57. The van der Waals surface area contributed by atoms with Gasteiger partial charge in [0, 0.05) is 24.2 Å². The van der Waals surface area contributed by atoms with Gasteiger partial charge in [-0.05, 0) is 18.7 Å². The van der Waals surface area contributed by atoms with E-state index in [2.05, 4.69) is 20.4 Å². The fourth-order valence-electron chi connectivity index (χ4n) is 2.16. The van der Waals surface area contributed by atoms with Crippen LogP contribution in [0.4, 0.5) is 4.39 Å². The highest BCUT2D eigenvalue weighted by molar-refractivity contribution is 5.55. The standard InChI is InChI=1S/C13H12FN5/c1-15-13(9-4-10(14)6-17-5-9)11-7-18-19-3-2-16-8-12(11)19/h2-8,13,15H,1H3. The summed E-state index contributed by atoms with van der Waals surface area (Å²) < 4.78 is 15.0. The number of fused-ring (bicyclic) bond motifs is 1. The van der Waals surface area contributed by atoms with Crippen molar-refractivity contribution in [2.75, 3.05) is 7.05 Å². The van der Waals surface area contributed by atoms with Gasteiger partial charge in [-0.3, -0.25) is 9.97 Å². The molecule has 0 saturated carbocycles. The predicted octanol–water partition coefficient (Wildman–Crippen LogP) is 1.57. The Morgan fingerprint density at radius 2 is 2.11 bits per heavy atom. The number of hydrogen-bond donors (Lipinski definition) is 1. The van der Waals surface area contributed by atoms with Gasteiger partial charge in [0.2, 0.25) is 0 Å². The third kappa shape index (κ3) is 2.06. The monoisotopic (exact) mass is 257 g/mol. The number of nitrogens with zero attached hydrogens (tertiary/aromatic N) is 4. The Bertz CT molecular complexity index is 709. The molecular weight excluding hydrogens is 245 g/mol. The summed E-state index contributed by atoms with van der Waals surface area (Å²) in [5, 5.41) is 7.41. The van der Waals surface area contributed by atoms with Gasteiger partial charge in [-0.2, -0.15) is 5.10 Å². The summed E-state index contributed by atoms with van der Waals surface area (Å²) in [4.78, 5) is 7.98. The Hall–Kier alpha value is -2.34. The van der Waals surface area contributed by atoms with Crippen LogP contribution < -0.4 is 5.32 Å². The summed E-state index contributed by atoms with van der Waals surface area (Å²) in [5.74, 6) is -0.354. The first-order valence-electron chi connectivity index (χ1n) is 5.84. The Labute approximate surface area is 109 Å². The average molecular weight is 257 g/mol. The van der Waals surface area contributed by atoms with E-state index in [0.29, 0.717) is 0 Å². The molecule has 5 nitrogen and oxygen atoms in total. The summed E-state index contributed by atoms with van der Waals surface area (Å²) in [6.07, 6.45) is 9.76. The molecule has 0 spiro atoms. The number of halogens is 1. The van der Waals surface area contributed by atoms with Crippen LogP contribution >= 0.6 is 0 Å². The first-order chi connectivity index (χ1) is 9.29. The van der Waals surface area contributed by atoms with Gasteiger partial charge in [0.05, 0.1) is 30.1 Å². The summed E-state index contributed by atoms with van der Waals surface area (Å²) in [6, 6.07) is 1.29. The zero-order valence-electron chi connectivity index (χ0n) is 10.3. The fourth-order valence-corrected chi connectivity index (χ4v) is 2.16. The SMILES string of the molecule is CNC(c1cncc(F)c1)c1cnn2ccncc12. The maximum absolute atomic E-state index is 13.3. The van der Waals surface area contributed by atoms with Crippen LogP contribution in [0.5, 0.6) is 0 Å². The minimum absolute atomic E-state index is 0.176. The second kappa shape index (κ2) is 4.74. The molecule has 0 aliphatic carbocycles. The Kier molecular flexibility index (Phi) is 2.92. The molecule has 6 heteroatoms. The molecular formula is C13H12FN5. The van der Waals surface area contributed by atoms with Crippen molar-refractivity contribution in [2.45, 2.75) is 6.04 Å². The molecule has 3 heterocycles. The van der Waals surface area contributed by atoms with Crippen LogP contribution in [0.2, 0.25) is 0 Å². The van der Waals surface area contributed by atoms with Crippen LogP contribution in [-0.2, 0) is 0 Å². The molecule has 3 rings (SSSR count). The molecule has 1 unspecified atom stereocenters. The maximum atomic E-state index is 13.3. The quantitative estimate of drug-likeness (QED) is 0.774. The van der Waals surface area contributed by atoms with Crippen molar-refractivity contribution in [3.63, 3.8) is 0 Å². The number of rotatable bonds is 3. The van der Waals surface area contributed by atoms with E-state index < -0.39 is 0 Å². The molecule has 0 aromatic carbocycles. The van der Waals surface area contributed by atoms with Gasteiger partial charge in [0.1, 0.15) is 5.82 Å². The largest absolute Gasteiger partial charge is 0.309 e. The Balaban J connectivity index is 2.12. The van der Waals surface area contributed by atoms with E-state index in [9.17, 15) is 4.39 Å². The lowest BCUT2D eigenvalue weighted by molar-refractivity contribution is 0.609. The smallest absolute Gasteiger partial charge is 0.141 e. The van der Waals surface area contributed by atoms with Crippen LogP contribution in [0.25, 0.3) is 5.52 Å². The number of hydrogen-bond acceptors (Lipinski definition) is 4. The topological polar surface area (TPSA) is 55.1 Å². The molecule has 1 N–H and O–H groups in total. The van der Waals surface area contributed by atoms with Gasteiger partial charge in [-0.25, -0.2) is 8.91 Å². The average Bonchev–Trinajstić information content (AvgIpc) is 2.84. The molecule has 0 amide bonds. The molecule has 0 bridgehead atoms. The highest BCUT2D eigenvalue weighted by atomic mass is 19.1. The molecule has 3 aromatic rings. The van der Waals surface area contributed by atoms with Gasteiger partial charge >= 0.3 is 0 Å². The van der Waals surface area contributed by atoms with Gasteiger partial charge in [0.15, 0.2) is 0 Å². The van der Waals surface area contributed by atoms with Crippen molar-refractivity contribution in [3.05, 3.63) is 60.2 Å². The van der Waals surface area contributed by atoms with Crippen molar-refractivity contribution < 1.29 is 4.39 Å². The van der Waals surface area contributed by atoms with Crippen molar-refractivity contribution in [2.24, 2.45) is 0 Å². The molecule has 96 valence electrons. The molecule has 0 aliphatic heterocycles. The number of nitrogens with one attached hydrogen (secondary N) is 1. The van der Waals surface area contributed by atoms with Gasteiger partial charge in [-0.1, -0.05) is 0 Å². The van der Waals surface area contributed by atoms with Gasteiger partial charge in [0.25, 0.3) is 0 Å². The molecule has 0 fully saturated rings. The van der Waals surface area contributed by atoms with Crippen molar-refractivity contribution in [3.8, 4) is 0 Å². The zero-order chi connectivity index (χ0) is 13.2. The molecule has 3 aromatic heterocycles. The van der Waals surface area contributed by atoms with E-state index in [1.165, 1.54) is 12.3 Å². The number of pyridine rings is 1. The third-order valence-corrected chi connectivity index (χ3v) is 3.01. The summed E-state index contributed by atoms with van der Waals surface area (Å²) in [7, 11) is 1.81. The summed E-state index contributed by atoms with van der Waals surface area (Å²) in [6.45, 7) is 0. The molecule has 1 atom stereocenters. The lowest BCUT2D eigenvalue weighted by atomic mass is 10.0. The van der Waals surface area contributed by atoms with Crippen LogP contribution in [0, 0.1) is 5.82 Å². The maximum Gasteiger partial charge on any atom is 0.141 e. The van der Waals surface area contributed by atoms with Gasteiger partial charge in [-0.15, -0.1) is 0 Å². The van der Waals surface area contributed by atoms with Crippen LogP contribution in [-0.4, -0.2) is 26.6 Å². The normalized spacial score (nSPS) is 12.7. The van der Waals surface area contributed by atoms with E-state index in [0.717, 1.165) is 16.6 Å². The van der Waals surface area contributed by atoms with Crippen LogP contribution in [0.3, 0.4) is 0 Å². The van der Waals surface area contributed by atoms with E-state index in [1.807, 2.05) is 7.05 Å². The Morgan fingerprint density at radius 1 is 1.21 bits per heavy atom. The van der Waals surface area contributed by atoms with Crippen molar-refractivity contribution in [1.82, 2.24) is 24.9 Å². The number of aromatic nitrogens is 4. The van der Waals surface area contributed by atoms with Crippen LogP contribution in [0.15, 0.2) is 43.2 Å². The fraction of sp³-hybridized carbons (Fsp3) is 0.154. The lowest BCUT2D eigenvalue weighted by Gasteiger charge is -2.15. The first kappa shape index (κ1) is 11.7. The summed E-state index contributed by atoms with van der Waals surface area (Å²) >= 11 is 0. The second-order valence-electron chi connectivity index (χ2n) is 4.16. The van der Waals surface area contributed by atoms with Crippen molar-refractivity contribution in [1.29, 1.82) is 0 Å². The van der Waals surface area contributed by atoms with E-state index in [4.69, 9.17) is 0 Å². The first-order valence-corrected chi connectivity index (χ1v) is 5.84. The molecule has 0 aliphatic rings. The van der Waals surface area contributed by atoms with Crippen LogP contribution in [0.1, 0.15) is 17.2 Å². The zero-order valence-corrected chi connectivity index (χ0v) is 10.3. The van der Waals surface area contributed by atoms with Crippen molar-refractivity contribution >= 4 is 5.52 Å². The second-order valence-corrected chi connectivity index (χ2v) is 4.16.